The maximum absolute atomic E-state index is 12.3. The van der Waals surface area contributed by atoms with E-state index in [2.05, 4.69) is 49.5 Å². The minimum atomic E-state index is -1.26. The summed E-state index contributed by atoms with van der Waals surface area (Å²) in [4.78, 5) is 103. The van der Waals surface area contributed by atoms with E-state index in [-0.39, 0.29) is 39.4 Å². The number of hydrogen-bond acceptors (Lipinski definition) is 25. The molecular formula is C55H56N12O19. The first-order valence-corrected chi connectivity index (χ1v) is 24.7. The van der Waals surface area contributed by atoms with Gasteiger partial charge in [0.05, 0.1) is 26.2 Å². The first-order chi connectivity index (χ1) is 40.7. The molecule has 0 radical (unpaired) electrons. The number of aromatic carboxylic acids is 1. The standard InChI is InChI=1S/C14H17N3O4.C11H10N2O4.C10H8N2O4.C9H9N3O2.C7H6O4.C4H6N2O/c1-9-8-11(16-21-9)17-7-5-6-10(12(17)18)15-13(19)20-14(2,3)4;1-7-6-9(12-17-7)13-5-3-4-8(10(13)14)11(15)16-2;1-6-5-8(11-16-6)12-4-2-3-7(9(12)13)10(14)15;1-6-5-8(11-14-6)12-4-2-3-7(10)9(12)13;1-10-6(8)5-3-2-4-11-7(5)9;1-3-2-4(5)6-7-3/h5-8H,1-4H3,(H,15,19);3-6H,1-2H3;2-5H,1H3,(H,14,15);2-5H,10H2,1H3;2-4H,1H3;2H,1H3,(H2,5,6). The number of aryl methyl sites for hydroxylation is 5. The van der Waals surface area contributed by atoms with E-state index in [1.807, 2.05) is 0 Å². The SMILES string of the molecule is COC(=O)c1cccn(-c2cc(C)on2)c1=O.COC(=O)c1cccoc1=O.Cc1cc(-n2cccc(C(=O)O)c2=O)no1.Cc1cc(-n2cccc(N)c2=O)no1.Cc1cc(-n2cccc(NC(=O)OC(C)(C)C)c2=O)no1.Cc1cc(N)no1. The minimum absolute atomic E-state index is 0.0457. The molecule has 450 valence electrons. The van der Waals surface area contributed by atoms with Gasteiger partial charge in [-0.25, -0.2) is 24.0 Å². The van der Waals surface area contributed by atoms with Gasteiger partial charge in [-0.1, -0.05) is 25.8 Å². The lowest BCUT2D eigenvalue weighted by Crippen LogP contribution is -2.30. The van der Waals surface area contributed by atoms with Crippen LogP contribution in [0.3, 0.4) is 0 Å². The molecule has 31 heteroatoms. The van der Waals surface area contributed by atoms with Gasteiger partial charge >= 0.3 is 29.6 Å². The van der Waals surface area contributed by atoms with Gasteiger partial charge in [-0.3, -0.25) is 42.8 Å². The molecular weight excluding hydrogens is 1130 g/mol. The van der Waals surface area contributed by atoms with Crippen molar-refractivity contribution in [2.45, 2.75) is 61.0 Å². The van der Waals surface area contributed by atoms with E-state index in [1.54, 1.807) is 122 Å². The third-order valence-electron chi connectivity index (χ3n) is 10.3. The van der Waals surface area contributed by atoms with Crippen molar-refractivity contribution >= 4 is 41.2 Å². The van der Waals surface area contributed by atoms with Gasteiger partial charge in [-0.15, -0.1) is 0 Å². The van der Waals surface area contributed by atoms with Crippen LogP contribution < -0.4 is 44.6 Å². The Bertz CT molecular complexity index is 4240. The van der Waals surface area contributed by atoms with Crippen LogP contribution in [0.1, 0.15) is 80.6 Å². The average molecular weight is 1190 g/mol. The lowest BCUT2D eigenvalue weighted by Gasteiger charge is -2.19. The lowest BCUT2D eigenvalue weighted by molar-refractivity contribution is 0.0587. The number of nitrogens with one attached hydrogen (secondary N) is 1. The molecule has 0 aromatic carbocycles. The van der Waals surface area contributed by atoms with Gasteiger partial charge in [-0.2, -0.15) is 0 Å². The summed E-state index contributed by atoms with van der Waals surface area (Å²) in [5, 5.41) is 29.5. The second kappa shape index (κ2) is 29.7. The number of nitrogens with zero attached hydrogens (tertiary/aromatic N) is 9. The van der Waals surface area contributed by atoms with Gasteiger partial charge in [-0.05, 0) is 116 Å². The van der Waals surface area contributed by atoms with Crippen molar-refractivity contribution in [2.75, 3.05) is 31.0 Å². The largest absolute Gasteiger partial charge is 0.477 e. The molecule has 0 aliphatic carbocycles. The number of hydrogen-bond donors (Lipinski definition) is 4. The van der Waals surface area contributed by atoms with E-state index in [4.69, 9.17) is 39.4 Å². The Labute approximate surface area is 484 Å². The van der Waals surface area contributed by atoms with Crippen LogP contribution in [0.4, 0.5) is 22.0 Å². The molecule has 10 aromatic heterocycles. The number of rotatable bonds is 8. The molecule has 0 aliphatic rings. The normalized spacial score (nSPS) is 10.3. The number of nitrogens with two attached hydrogens (primary N) is 2. The smallest absolute Gasteiger partial charge is 0.412 e. The Kier molecular flexibility index (Phi) is 22.4. The van der Waals surface area contributed by atoms with Gasteiger partial charge in [0.25, 0.3) is 22.2 Å². The van der Waals surface area contributed by atoms with Crippen LogP contribution in [0.25, 0.3) is 23.3 Å². The molecule has 0 aliphatic heterocycles. The second-order valence-corrected chi connectivity index (χ2v) is 18.2. The number of carbonyl (C=O) groups excluding carboxylic acids is 3. The third kappa shape index (κ3) is 18.3. The first-order valence-electron chi connectivity index (χ1n) is 24.7. The number of carbonyl (C=O) groups is 4. The monoisotopic (exact) mass is 1190 g/mol. The van der Waals surface area contributed by atoms with E-state index in [9.17, 15) is 43.2 Å². The Hall–Kier alpha value is -11.9. The van der Waals surface area contributed by atoms with Gasteiger partial charge < -0.3 is 57.8 Å². The Morgan fingerprint density at radius 2 is 0.895 bits per heavy atom. The fourth-order valence-corrected chi connectivity index (χ4v) is 6.53. The molecule has 6 N–H and O–H groups in total. The number of aromatic nitrogens is 9. The molecule has 0 atom stereocenters. The summed E-state index contributed by atoms with van der Waals surface area (Å²) in [6, 6.07) is 22.9. The first kappa shape index (κ1) is 64.9. The van der Waals surface area contributed by atoms with E-state index in [0.29, 0.717) is 46.3 Å². The molecule has 0 saturated carbocycles. The summed E-state index contributed by atoms with van der Waals surface area (Å²) in [5.41, 5.74) is 7.34. The summed E-state index contributed by atoms with van der Waals surface area (Å²) in [6.45, 7) is 13.9. The molecule has 86 heavy (non-hydrogen) atoms. The topological polar surface area (TPSA) is 429 Å². The summed E-state index contributed by atoms with van der Waals surface area (Å²) in [6.07, 6.45) is 6.59. The zero-order valence-electron chi connectivity index (χ0n) is 47.5. The van der Waals surface area contributed by atoms with Crippen LogP contribution >= 0.6 is 0 Å². The van der Waals surface area contributed by atoms with E-state index < -0.39 is 51.9 Å². The third-order valence-corrected chi connectivity index (χ3v) is 10.3. The summed E-state index contributed by atoms with van der Waals surface area (Å²) in [5.74, 6) is 2.32. The quantitative estimate of drug-likeness (QED) is 0.101. The maximum atomic E-state index is 12.3. The highest BCUT2D eigenvalue weighted by Gasteiger charge is 2.19. The summed E-state index contributed by atoms with van der Waals surface area (Å²) >= 11 is 0. The molecule has 31 nitrogen and oxygen atoms in total. The van der Waals surface area contributed by atoms with Crippen LogP contribution in [-0.2, 0) is 14.2 Å². The fourth-order valence-electron chi connectivity index (χ4n) is 6.53. The van der Waals surface area contributed by atoms with Gasteiger partial charge in [0.15, 0.2) is 29.1 Å². The number of methoxy groups -OCH3 is 2. The number of carboxylic acids is 1. The van der Waals surface area contributed by atoms with Crippen LogP contribution in [0.15, 0.2) is 173 Å². The maximum Gasteiger partial charge on any atom is 0.412 e. The number of ether oxygens (including phenoxy) is 3. The van der Waals surface area contributed by atoms with E-state index >= 15 is 0 Å². The Morgan fingerprint density at radius 3 is 1.28 bits per heavy atom. The molecule has 10 aromatic rings. The van der Waals surface area contributed by atoms with Crippen LogP contribution in [-0.4, -0.2) is 93.0 Å². The number of pyridine rings is 4. The highest BCUT2D eigenvalue weighted by molar-refractivity contribution is 5.89. The molecule has 1 amide bonds. The zero-order valence-corrected chi connectivity index (χ0v) is 47.5. The van der Waals surface area contributed by atoms with Crippen LogP contribution in [0, 0.1) is 34.6 Å². The molecule has 0 unspecified atom stereocenters. The number of anilines is 3. The summed E-state index contributed by atoms with van der Waals surface area (Å²) in [7, 11) is 2.42. The van der Waals surface area contributed by atoms with Crippen LogP contribution in [0.5, 0.6) is 0 Å². The van der Waals surface area contributed by atoms with Gasteiger partial charge in [0.2, 0.25) is 0 Å². The Morgan fingerprint density at radius 1 is 0.512 bits per heavy atom. The minimum Gasteiger partial charge on any atom is -0.477 e. The van der Waals surface area contributed by atoms with Crippen molar-refractivity contribution < 1.29 is 65.5 Å². The molecule has 0 bridgehead atoms. The molecule has 0 spiro atoms. The van der Waals surface area contributed by atoms with Crippen molar-refractivity contribution in [2.24, 2.45) is 0 Å². The van der Waals surface area contributed by atoms with Gasteiger partial charge in [0.1, 0.15) is 56.8 Å². The van der Waals surface area contributed by atoms with Crippen molar-refractivity contribution in [3.8, 4) is 23.3 Å². The predicted molar refractivity (Wildman–Crippen MR) is 302 cm³/mol. The molecule has 10 heterocycles. The van der Waals surface area contributed by atoms with Crippen molar-refractivity contribution in [3.63, 3.8) is 0 Å². The van der Waals surface area contributed by atoms with Gasteiger partial charge in [0, 0.05) is 55.1 Å². The zero-order chi connectivity index (χ0) is 63.4. The van der Waals surface area contributed by atoms with E-state index in [0.717, 1.165) is 10.3 Å². The highest BCUT2D eigenvalue weighted by atomic mass is 16.6. The van der Waals surface area contributed by atoms with E-state index in [1.165, 1.54) is 83.0 Å². The molecule has 10 rings (SSSR count). The van der Waals surface area contributed by atoms with Crippen molar-refractivity contribution in [3.05, 3.63) is 219 Å². The number of esters is 2. The predicted octanol–water partition coefficient (Wildman–Crippen LogP) is 5.94. The van der Waals surface area contributed by atoms with Crippen molar-refractivity contribution in [1.29, 1.82) is 0 Å². The molecule has 0 saturated heterocycles. The highest BCUT2D eigenvalue weighted by Crippen LogP contribution is 2.13. The molecule has 0 fully saturated rings. The fraction of sp³-hybridized carbons (Fsp3) is 0.200. The lowest BCUT2D eigenvalue weighted by atomic mass is 10.2. The average Bonchev–Trinajstić information content (AvgIpc) is 4.45. The van der Waals surface area contributed by atoms with Crippen LogP contribution in [0.2, 0.25) is 0 Å². The Balaban J connectivity index is 0.000000193. The number of nitrogen functional groups attached to an aromatic ring is 2. The number of amides is 1. The van der Waals surface area contributed by atoms with Crippen molar-refractivity contribution in [1.82, 2.24) is 44.1 Å². The summed E-state index contributed by atoms with van der Waals surface area (Å²) < 4.78 is 47.4. The number of carboxylic acid groups (broad SMARTS) is 1. The second-order valence-electron chi connectivity index (χ2n) is 18.2.